The van der Waals surface area contributed by atoms with Crippen LogP contribution in [0, 0.1) is 0 Å². The highest BCUT2D eigenvalue weighted by Crippen LogP contribution is 2.39. The number of aromatic nitrogens is 6. The van der Waals surface area contributed by atoms with Crippen LogP contribution in [0.4, 0.5) is 0 Å². The Hall–Kier alpha value is -3.24. The van der Waals surface area contributed by atoms with Crippen molar-refractivity contribution in [2.75, 3.05) is 6.54 Å². The predicted molar refractivity (Wildman–Crippen MR) is 114 cm³/mol. The average Bonchev–Trinajstić information content (AvgIpc) is 3.43. The maximum atomic E-state index is 13.0. The van der Waals surface area contributed by atoms with Crippen molar-refractivity contribution in [1.29, 1.82) is 0 Å². The fraction of sp³-hybridized carbons (Fsp3) is 0.176. The molecule has 0 radical (unpaired) electrons. The number of nitrogens with zero attached hydrogens (tertiary/aromatic N) is 5. The molecule has 4 aromatic rings. The molecule has 0 aliphatic rings. The maximum absolute atomic E-state index is 13.0. The van der Waals surface area contributed by atoms with Crippen LogP contribution in [-0.4, -0.2) is 59.4 Å². The van der Waals surface area contributed by atoms with Gasteiger partial charge in [-0.3, -0.25) is 0 Å². The molecule has 3 heterocycles. The Kier molecular flexibility index (Phi) is 5.51. The predicted octanol–water partition coefficient (Wildman–Crippen LogP) is -0.546. The van der Waals surface area contributed by atoms with Gasteiger partial charge in [0.05, 0.1) is 5.56 Å². The Morgan fingerprint density at radius 2 is 1.94 bits per heavy atom. The molecule has 0 bridgehead atoms. The quantitative estimate of drug-likeness (QED) is 0.269. The van der Waals surface area contributed by atoms with Crippen molar-refractivity contribution in [2.45, 2.75) is 22.8 Å². The number of rotatable bonds is 7. The number of nitrogens with one attached hydrogen (secondary N) is 2. The van der Waals surface area contributed by atoms with Gasteiger partial charge in [0.2, 0.25) is 25.9 Å². The molecule has 0 fully saturated rings. The molecule has 0 aliphatic carbocycles. The van der Waals surface area contributed by atoms with Gasteiger partial charge in [0.1, 0.15) is 15.4 Å². The number of hydrogen-bond donors (Lipinski definition) is 4. The average molecular weight is 478 g/mol. The second-order valence-electron chi connectivity index (χ2n) is 6.93. The first-order valence-electron chi connectivity index (χ1n) is 9.21. The number of sulfonamides is 2. The van der Waals surface area contributed by atoms with Crippen LogP contribution in [0.15, 0.2) is 52.6 Å². The standard InChI is InChI=1S/C17H19N9O4S2/c1-10(9-18)23-32(29,30)13-5-4-11(12-3-2-7-26-8-6-20-17(12)26)14(15(13)31(19,27)28)16-21-24-25-22-16/h2-8,10,23H,9,18H2,1H3,(H2,19,27,28)(H,21,22,24,25). The molecular weight excluding hydrogens is 458 g/mol. The molecular formula is C17H19N9O4S2. The summed E-state index contributed by atoms with van der Waals surface area (Å²) in [5.74, 6) is -0.151. The van der Waals surface area contributed by atoms with Gasteiger partial charge in [0.25, 0.3) is 0 Å². The largest absolute Gasteiger partial charge is 0.329 e. The third-order valence-electron chi connectivity index (χ3n) is 4.68. The molecule has 0 amide bonds. The Bertz CT molecular complexity index is 1500. The van der Waals surface area contributed by atoms with Crippen LogP contribution >= 0.6 is 0 Å². The van der Waals surface area contributed by atoms with E-state index in [1.807, 2.05) is 0 Å². The lowest BCUT2D eigenvalue weighted by Gasteiger charge is -2.18. The van der Waals surface area contributed by atoms with Crippen molar-refractivity contribution in [3.05, 3.63) is 42.9 Å². The van der Waals surface area contributed by atoms with Crippen LogP contribution in [0.3, 0.4) is 0 Å². The Morgan fingerprint density at radius 1 is 1.16 bits per heavy atom. The zero-order valence-corrected chi connectivity index (χ0v) is 18.3. The lowest BCUT2D eigenvalue weighted by molar-refractivity contribution is 0.557. The first kappa shape index (κ1) is 22.0. The molecule has 1 atom stereocenters. The molecule has 1 unspecified atom stereocenters. The van der Waals surface area contributed by atoms with Crippen LogP contribution in [0.2, 0.25) is 0 Å². The summed E-state index contributed by atoms with van der Waals surface area (Å²) >= 11 is 0. The molecule has 15 heteroatoms. The van der Waals surface area contributed by atoms with E-state index in [0.717, 1.165) is 6.07 Å². The summed E-state index contributed by atoms with van der Waals surface area (Å²) in [5.41, 5.74) is 6.71. The summed E-state index contributed by atoms with van der Waals surface area (Å²) in [6.07, 6.45) is 5.05. The number of pyridine rings is 1. The van der Waals surface area contributed by atoms with Crippen molar-refractivity contribution in [2.24, 2.45) is 10.9 Å². The SMILES string of the molecule is CC(CN)NS(=O)(=O)c1ccc(-c2cccn3ccnc23)c(-c2nn[nH]n2)c1S(N)(=O)=O. The zero-order valence-electron chi connectivity index (χ0n) is 16.7. The molecule has 13 nitrogen and oxygen atoms in total. The highest BCUT2D eigenvalue weighted by molar-refractivity contribution is 7.92. The molecule has 0 spiro atoms. The lowest BCUT2D eigenvalue weighted by atomic mass is 10.00. The van der Waals surface area contributed by atoms with Gasteiger partial charge in [0, 0.05) is 36.7 Å². The fourth-order valence-electron chi connectivity index (χ4n) is 3.31. The topological polar surface area (TPSA) is 204 Å². The van der Waals surface area contributed by atoms with E-state index in [4.69, 9.17) is 10.9 Å². The van der Waals surface area contributed by atoms with E-state index < -0.39 is 35.9 Å². The number of primary sulfonamides is 1. The summed E-state index contributed by atoms with van der Waals surface area (Å²) in [6, 6.07) is 5.40. The van der Waals surface area contributed by atoms with Crippen LogP contribution in [-0.2, 0) is 20.0 Å². The summed E-state index contributed by atoms with van der Waals surface area (Å²) in [4.78, 5) is 3.08. The van der Waals surface area contributed by atoms with Crippen LogP contribution < -0.4 is 15.6 Å². The molecule has 32 heavy (non-hydrogen) atoms. The van der Waals surface area contributed by atoms with Crippen molar-refractivity contribution in [3.8, 4) is 22.5 Å². The number of benzene rings is 1. The van der Waals surface area contributed by atoms with Gasteiger partial charge in [-0.05, 0) is 35.9 Å². The van der Waals surface area contributed by atoms with E-state index >= 15 is 0 Å². The third-order valence-corrected chi connectivity index (χ3v) is 7.44. The first-order chi connectivity index (χ1) is 15.1. The normalized spacial score (nSPS) is 13.5. The van der Waals surface area contributed by atoms with Crippen LogP contribution in [0.1, 0.15) is 6.92 Å². The van der Waals surface area contributed by atoms with Gasteiger partial charge >= 0.3 is 0 Å². The molecule has 0 saturated carbocycles. The number of aromatic amines is 1. The summed E-state index contributed by atoms with van der Waals surface area (Å²) in [7, 11) is -8.91. The van der Waals surface area contributed by atoms with Crippen molar-refractivity contribution >= 4 is 25.7 Å². The first-order valence-corrected chi connectivity index (χ1v) is 12.2. The molecule has 6 N–H and O–H groups in total. The lowest BCUT2D eigenvalue weighted by Crippen LogP contribution is -2.38. The van der Waals surface area contributed by atoms with Crippen LogP contribution in [0.25, 0.3) is 28.2 Å². The number of tetrazole rings is 1. The third kappa shape index (κ3) is 3.87. The molecule has 168 valence electrons. The highest BCUT2D eigenvalue weighted by Gasteiger charge is 2.33. The second-order valence-corrected chi connectivity index (χ2v) is 10.1. The van der Waals surface area contributed by atoms with Crippen molar-refractivity contribution in [1.82, 2.24) is 34.7 Å². The van der Waals surface area contributed by atoms with E-state index in [-0.39, 0.29) is 17.9 Å². The maximum Gasteiger partial charge on any atom is 0.242 e. The summed E-state index contributed by atoms with van der Waals surface area (Å²) in [6.45, 7) is 1.54. The van der Waals surface area contributed by atoms with Gasteiger partial charge in [-0.25, -0.2) is 31.7 Å². The van der Waals surface area contributed by atoms with E-state index in [2.05, 4.69) is 30.3 Å². The van der Waals surface area contributed by atoms with Crippen molar-refractivity contribution in [3.63, 3.8) is 0 Å². The molecule has 0 aliphatic heterocycles. The van der Waals surface area contributed by atoms with E-state index in [0.29, 0.717) is 16.8 Å². The second kappa shape index (κ2) is 8.03. The van der Waals surface area contributed by atoms with Crippen molar-refractivity contribution < 1.29 is 16.8 Å². The fourth-order valence-corrected chi connectivity index (χ4v) is 6.16. The number of nitrogens with two attached hydrogens (primary N) is 2. The summed E-state index contributed by atoms with van der Waals surface area (Å²) in [5, 5.41) is 19.0. The summed E-state index contributed by atoms with van der Waals surface area (Å²) < 4.78 is 55.6. The zero-order chi connectivity index (χ0) is 23.1. The molecule has 4 rings (SSSR count). The monoisotopic (exact) mass is 477 g/mol. The van der Waals surface area contributed by atoms with E-state index in [9.17, 15) is 16.8 Å². The van der Waals surface area contributed by atoms with Gasteiger partial charge in [-0.15, -0.1) is 10.2 Å². The van der Waals surface area contributed by atoms with Gasteiger partial charge < -0.3 is 10.1 Å². The van der Waals surface area contributed by atoms with Crippen LogP contribution in [0.5, 0.6) is 0 Å². The minimum absolute atomic E-state index is 0.00159. The molecule has 0 saturated heterocycles. The number of H-pyrrole nitrogens is 1. The van der Waals surface area contributed by atoms with E-state index in [1.165, 1.54) is 6.07 Å². The number of imidazole rings is 1. The Balaban J connectivity index is 2.12. The highest BCUT2D eigenvalue weighted by atomic mass is 32.2. The minimum Gasteiger partial charge on any atom is -0.329 e. The smallest absolute Gasteiger partial charge is 0.242 e. The van der Waals surface area contributed by atoms with Gasteiger partial charge in [0.15, 0.2) is 0 Å². The minimum atomic E-state index is -4.59. The molecule has 1 aromatic carbocycles. The van der Waals surface area contributed by atoms with E-state index in [1.54, 1.807) is 42.0 Å². The van der Waals surface area contributed by atoms with Gasteiger partial charge in [-0.1, -0.05) is 6.07 Å². The Morgan fingerprint density at radius 3 is 2.59 bits per heavy atom. The van der Waals surface area contributed by atoms with Gasteiger partial charge in [-0.2, -0.15) is 5.21 Å². The Labute approximate surface area is 183 Å². The number of hydrogen-bond acceptors (Lipinski definition) is 9. The number of fused-ring (bicyclic) bond motifs is 1. The molecule has 3 aromatic heterocycles.